The summed E-state index contributed by atoms with van der Waals surface area (Å²) in [6.45, 7) is 21.0. The molecule has 0 bridgehead atoms. The Morgan fingerprint density at radius 3 is 1.62 bits per heavy atom. The van der Waals surface area contributed by atoms with E-state index in [0.29, 0.717) is 0 Å². The van der Waals surface area contributed by atoms with Crippen LogP contribution < -0.4 is 4.90 Å². The zero-order valence-electron chi connectivity index (χ0n) is 39.4. The van der Waals surface area contributed by atoms with Crippen LogP contribution in [0.5, 0.6) is 0 Å². The normalized spacial score (nSPS) is 12.9. The maximum Gasteiger partial charge on any atom is 0.109 e. The van der Waals surface area contributed by atoms with Gasteiger partial charge in [-0.15, -0.1) is 11.3 Å². The predicted octanol–water partition coefficient (Wildman–Crippen LogP) is 18.2. The van der Waals surface area contributed by atoms with Crippen LogP contribution in [0.15, 0.2) is 170 Å². The van der Waals surface area contributed by atoms with Crippen molar-refractivity contribution in [3.05, 3.63) is 187 Å². The molecule has 12 rings (SSSR count). The fourth-order valence-corrected chi connectivity index (χ4v) is 11.7. The van der Waals surface area contributed by atoms with E-state index in [0.717, 1.165) is 17.1 Å². The van der Waals surface area contributed by atoms with Gasteiger partial charge in [0.2, 0.25) is 0 Å². The molecule has 12 aromatic rings. The molecular formula is C62H55N3S. The molecule has 0 aliphatic carbocycles. The standard InChI is InChI=1S/C62H55N3S/c1-60(2,3)39-26-30-52(46(32-39)38-24-28-44(29-25-38)63(42-18-12-10-13-19-42)43-20-14-11-15-21-43)64-53-31-27-40(61(4,5)6)33-47(53)48-36-49-50-34-41(62(7,8)9)35-51-57-45-22-16-17-23-56(45)66-59(57)65(58(50)51)55(49)37-54(48)64/h10-37H,1-9H3. The summed E-state index contributed by atoms with van der Waals surface area (Å²) in [5.41, 5.74) is 15.9. The molecule has 66 heavy (non-hydrogen) atoms. The van der Waals surface area contributed by atoms with Crippen molar-refractivity contribution >= 4 is 97.7 Å². The van der Waals surface area contributed by atoms with Crippen molar-refractivity contribution in [3.63, 3.8) is 0 Å². The van der Waals surface area contributed by atoms with Crippen molar-refractivity contribution in [1.29, 1.82) is 0 Å². The van der Waals surface area contributed by atoms with Crippen LogP contribution >= 0.6 is 11.3 Å². The first kappa shape index (κ1) is 40.6. The Labute approximate surface area is 391 Å². The third-order valence-corrected chi connectivity index (χ3v) is 15.3. The SMILES string of the molecule is CC(C)(C)c1ccc(-n2c3ccc(C(C)(C)C)cc3c3cc4c5cc(C(C)(C)C)cc6c7c8ccccc8sc7n(c4cc32)c56)c(-c2ccc(N(c3ccccc3)c3ccccc3)cc2)c1. The summed E-state index contributed by atoms with van der Waals surface area (Å²) in [6, 6.07) is 63.9. The minimum atomic E-state index is -0.0407. The third-order valence-electron chi connectivity index (χ3n) is 14.1. The van der Waals surface area contributed by atoms with Crippen LogP contribution in [0.1, 0.15) is 79.0 Å². The summed E-state index contributed by atoms with van der Waals surface area (Å²) in [6.07, 6.45) is 0. The maximum absolute atomic E-state index is 2.60. The van der Waals surface area contributed by atoms with Gasteiger partial charge in [0, 0.05) is 65.0 Å². The largest absolute Gasteiger partial charge is 0.311 e. The van der Waals surface area contributed by atoms with Crippen molar-refractivity contribution in [2.75, 3.05) is 4.90 Å². The Hall–Kier alpha value is -6.88. The van der Waals surface area contributed by atoms with Gasteiger partial charge in [-0.3, -0.25) is 4.40 Å². The molecule has 4 heterocycles. The van der Waals surface area contributed by atoms with Crippen LogP contribution in [0, 0.1) is 0 Å². The average Bonchev–Trinajstić information content (AvgIpc) is 4.03. The van der Waals surface area contributed by atoms with Crippen molar-refractivity contribution in [3.8, 4) is 16.8 Å². The fourth-order valence-electron chi connectivity index (χ4n) is 10.5. The zero-order chi connectivity index (χ0) is 45.4. The molecule has 0 spiro atoms. The van der Waals surface area contributed by atoms with Gasteiger partial charge in [0.05, 0.1) is 27.8 Å². The first-order valence-corrected chi connectivity index (χ1v) is 24.2. The Bertz CT molecular complexity index is 3800. The van der Waals surface area contributed by atoms with Gasteiger partial charge in [0.1, 0.15) is 4.83 Å². The molecule has 4 aromatic heterocycles. The molecule has 0 atom stereocenters. The van der Waals surface area contributed by atoms with Crippen molar-refractivity contribution in [1.82, 2.24) is 8.97 Å². The molecule has 0 saturated heterocycles. The molecule has 0 N–H and O–H groups in total. The van der Waals surface area contributed by atoms with Crippen LogP contribution in [0.3, 0.4) is 0 Å². The Morgan fingerprint density at radius 1 is 0.409 bits per heavy atom. The lowest BCUT2D eigenvalue weighted by atomic mass is 9.85. The fraction of sp³-hybridized carbons (Fsp3) is 0.194. The second-order valence-corrected chi connectivity index (χ2v) is 22.6. The summed E-state index contributed by atoms with van der Waals surface area (Å²) < 4.78 is 6.50. The Kier molecular flexibility index (Phi) is 8.81. The highest BCUT2D eigenvalue weighted by atomic mass is 32.1. The zero-order valence-corrected chi connectivity index (χ0v) is 40.2. The third kappa shape index (κ3) is 6.22. The first-order valence-electron chi connectivity index (χ1n) is 23.4. The summed E-state index contributed by atoms with van der Waals surface area (Å²) in [5, 5.41) is 9.30. The lowest BCUT2D eigenvalue weighted by Crippen LogP contribution is -2.12. The summed E-state index contributed by atoms with van der Waals surface area (Å²) in [4.78, 5) is 3.66. The molecule has 0 unspecified atom stereocenters. The first-order chi connectivity index (χ1) is 31.6. The molecule has 0 amide bonds. The molecule has 0 fully saturated rings. The van der Waals surface area contributed by atoms with E-state index >= 15 is 0 Å². The number of rotatable bonds is 5. The lowest BCUT2D eigenvalue weighted by molar-refractivity contribution is 0.590. The average molecular weight is 874 g/mol. The number of benzene rings is 8. The number of anilines is 3. The molecular weight excluding hydrogens is 819 g/mol. The minimum Gasteiger partial charge on any atom is -0.311 e. The minimum absolute atomic E-state index is 0.00763. The van der Waals surface area contributed by atoms with Gasteiger partial charge in [-0.05, 0) is 129 Å². The van der Waals surface area contributed by atoms with Gasteiger partial charge >= 0.3 is 0 Å². The van der Waals surface area contributed by atoms with Crippen molar-refractivity contribution in [2.45, 2.75) is 78.6 Å². The van der Waals surface area contributed by atoms with Crippen LogP contribution in [-0.2, 0) is 16.2 Å². The number of para-hydroxylation sites is 2. The van der Waals surface area contributed by atoms with Crippen LogP contribution in [0.4, 0.5) is 17.1 Å². The quantitative estimate of drug-likeness (QED) is 0.168. The van der Waals surface area contributed by atoms with E-state index in [4.69, 9.17) is 0 Å². The van der Waals surface area contributed by atoms with E-state index in [1.54, 1.807) is 0 Å². The molecule has 0 aliphatic rings. The summed E-state index contributed by atoms with van der Waals surface area (Å²) >= 11 is 1.92. The molecule has 0 radical (unpaired) electrons. The smallest absolute Gasteiger partial charge is 0.109 e. The van der Waals surface area contributed by atoms with E-state index in [1.165, 1.54) is 103 Å². The Balaban J connectivity index is 1.16. The number of hydrogen-bond donors (Lipinski definition) is 0. The molecule has 4 heteroatoms. The van der Waals surface area contributed by atoms with Gasteiger partial charge in [-0.1, -0.05) is 141 Å². The molecule has 8 aromatic carbocycles. The molecule has 3 nitrogen and oxygen atoms in total. The van der Waals surface area contributed by atoms with E-state index in [-0.39, 0.29) is 16.2 Å². The molecule has 324 valence electrons. The number of thiophene rings is 1. The van der Waals surface area contributed by atoms with Gasteiger partial charge in [-0.25, -0.2) is 0 Å². The number of nitrogens with zero attached hydrogens (tertiary/aromatic N) is 3. The van der Waals surface area contributed by atoms with Crippen LogP contribution in [-0.4, -0.2) is 8.97 Å². The van der Waals surface area contributed by atoms with E-state index in [9.17, 15) is 0 Å². The van der Waals surface area contributed by atoms with Crippen LogP contribution in [0.2, 0.25) is 0 Å². The van der Waals surface area contributed by atoms with Gasteiger partial charge < -0.3 is 9.47 Å². The second-order valence-electron chi connectivity index (χ2n) is 21.5. The van der Waals surface area contributed by atoms with Crippen molar-refractivity contribution in [2.24, 2.45) is 0 Å². The van der Waals surface area contributed by atoms with Crippen LogP contribution in [0.25, 0.3) is 86.1 Å². The summed E-state index contributed by atoms with van der Waals surface area (Å²) in [7, 11) is 0. The second kappa shape index (κ2) is 14.3. The molecule has 0 saturated carbocycles. The number of hydrogen-bond acceptors (Lipinski definition) is 2. The lowest BCUT2D eigenvalue weighted by Gasteiger charge is -2.26. The van der Waals surface area contributed by atoms with E-state index in [2.05, 4.69) is 246 Å². The Morgan fingerprint density at radius 2 is 0.955 bits per heavy atom. The highest BCUT2D eigenvalue weighted by Gasteiger charge is 2.28. The van der Waals surface area contributed by atoms with Gasteiger partial charge in [0.25, 0.3) is 0 Å². The van der Waals surface area contributed by atoms with Gasteiger partial charge in [0.15, 0.2) is 0 Å². The number of aromatic nitrogens is 2. The number of fused-ring (bicyclic) bond motifs is 11. The van der Waals surface area contributed by atoms with E-state index in [1.807, 2.05) is 11.3 Å². The topological polar surface area (TPSA) is 12.6 Å². The van der Waals surface area contributed by atoms with E-state index < -0.39 is 0 Å². The van der Waals surface area contributed by atoms with Gasteiger partial charge in [-0.2, -0.15) is 0 Å². The highest BCUT2D eigenvalue weighted by Crippen LogP contribution is 2.49. The maximum atomic E-state index is 2.60. The summed E-state index contributed by atoms with van der Waals surface area (Å²) in [5.74, 6) is 0. The van der Waals surface area contributed by atoms with Crippen molar-refractivity contribution < 1.29 is 0 Å². The highest BCUT2D eigenvalue weighted by molar-refractivity contribution is 7.25. The molecule has 0 aliphatic heterocycles. The monoisotopic (exact) mass is 873 g/mol. The predicted molar refractivity (Wildman–Crippen MR) is 287 cm³/mol.